The Bertz CT molecular complexity index is 672. The molecule has 0 aliphatic carbocycles. The first-order valence-electron chi connectivity index (χ1n) is 6.98. The van der Waals surface area contributed by atoms with Crippen molar-refractivity contribution in [2.24, 2.45) is 0 Å². The topological polar surface area (TPSA) is 42.4 Å². The van der Waals surface area contributed by atoms with E-state index in [2.05, 4.69) is 18.1 Å². The first-order valence-corrected chi connectivity index (χ1v) is 8.23. The lowest BCUT2D eigenvalue weighted by atomic mass is 10.3. The molecular weight excluding hydrogens is 332 g/mol. The Kier molecular flexibility index (Phi) is 6.38. The van der Waals surface area contributed by atoms with E-state index in [1.54, 1.807) is 46.7 Å². The second-order valence-corrected chi connectivity index (χ2v) is 6.04. The molecule has 0 N–H and O–H groups in total. The molecule has 0 atom stereocenters. The van der Waals surface area contributed by atoms with Crippen molar-refractivity contribution in [2.75, 3.05) is 13.1 Å². The normalized spacial score (nSPS) is 10.1. The van der Waals surface area contributed by atoms with Crippen molar-refractivity contribution in [3.8, 4) is 5.75 Å². The van der Waals surface area contributed by atoms with Gasteiger partial charge in [-0.25, -0.2) is 4.98 Å². The van der Waals surface area contributed by atoms with Gasteiger partial charge in [0.1, 0.15) is 23.1 Å². The van der Waals surface area contributed by atoms with Crippen LogP contribution in [0, 0.1) is 0 Å². The maximum atomic E-state index is 12.4. The quantitative estimate of drug-likeness (QED) is 0.672. The second-order valence-electron chi connectivity index (χ2n) is 4.66. The Morgan fingerprint density at radius 2 is 1.91 bits per heavy atom. The molecule has 1 amide bonds. The number of carbonyl (C=O) groups excluding carboxylic acids is 1. The SMILES string of the molecule is C=CCN(CC=C)C(=O)c1csc(COc2ccc(Cl)cc2)n1. The van der Waals surface area contributed by atoms with Gasteiger partial charge in [0.25, 0.3) is 5.91 Å². The van der Waals surface area contributed by atoms with Gasteiger partial charge in [0.05, 0.1) is 0 Å². The predicted octanol–water partition coefficient (Wildman–Crippen LogP) is 4.19. The maximum absolute atomic E-state index is 12.4. The molecule has 6 heteroatoms. The maximum Gasteiger partial charge on any atom is 0.273 e. The number of nitrogens with zero attached hydrogens (tertiary/aromatic N) is 2. The Labute approximate surface area is 144 Å². The molecule has 2 rings (SSSR count). The van der Waals surface area contributed by atoms with E-state index in [1.807, 2.05) is 0 Å². The van der Waals surface area contributed by atoms with Crippen LogP contribution in [0.15, 0.2) is 55.0 Å². The number of rotatable bonds is 8. The summed E-state index contributed by atoms with van der Waals surface area (Å²) in [7, 11) is 0. The van der Waals surface area contributed by atoms with E-state index in [0.717, 1.165) is 5.01 Å². The largest absolute Gasteiger partial charge is 0.486 e. The zero-order valence-corrected chi connectivity index (χ0v) is 14.1. The molecule has 0 saturated carbocycles. The number of hydrogen-bond acceptors (Lipinski definition) is 4. The van der Waals surface area contributed by atoms with Crippen molar-refractivity contribution in [2.45, 2.75) is 6.61 Å². The summed E-state index contributed by atoms with van der Waals surface area (Å²) in [5.41, 5.74) is 0.411. The van der Waals surface area contributed by atoms with Gasteiger partial charge < -0.3 is 9.64 Å². The number of aromatic nitrogens is 1. The van der Waals surface area contributed by atoms with Gasteiger partial charge in [0.15, 0.2) is 0 Å². The number of ether oxygens (including phenoxy) is 1. The Morgan fingerprint density at radius 1 is 1.26 bits per heavy atom. The van der Waals surface area contributed by atoms with Gasteiger partial charge >= 0.3 is 0 Å². The minimum Gasteiger partial charge on any atom is -0.486 e. The molecule has 1 aromatic heterocycles. The highest BCUT2D eigenvalue weighted by molar-refractivity contribution is 7.09. The molecule has 0 saturated heterocycles. The lowest BCUT2D eigenvalue weighted by Gasteiger charge is -2.17. The van der Waals surface area contributed by atoms with Gasteiger partial charge in [-0.1, -0.05) is 23.8 Å². The summed E-state index contributed by atoms with van der Waals surface area (Å²) in [6.45, 7) is 8.54. The molecule has 4 nitrogen and oxygen atoms in total. The molecular formula is C17H17ClN2O2S. The zero-order chi connectivity index (χ0) is 16.7. The van der Waals surface area contributed by atoms with E-state index in [4.69, 9.17) is 16.3 Å². The highest BCUT2D eigenvalue weighted by Crippen LogP contribution is 2.18. The van der Waals surface area contributed by atoms with Crippen LogP contribution in [-0.2, 0) is 6.61 Å². The average molecular weight is 349 g/mol. The van der Waals surface area contributed by atoms with Gasteiger partial charge in [-0.3, -0.25) is 4.79 Å². The Morgan fingerprint density at radius 3 is 2.52 bits per heavy atom. The van der Waals surface area contributed by atoms with Crippen LogP contribution in [0.1, 0.15) is 15.5 Å². The lowest BCUT2D eigenvalue weighted by Crippen LogP contribution is -2.31. The smallest absolute Gasteiger partial charge is 0.273 e. The van der Waals surface area contributed by atoms with Crippen molar-refractivity contribution in [1.82, 2.24) is 9.88 Å². The molecule has 0 unspecified atom stereocenters. The van der Waals surface area contributed by atoms with Crippen molar-refractivity contribution < 1.29 is 9.53 Å². The van der Waals surface area contributed by atoms with Crippen LogP contribution in [0.5, 0.6) is 5.75 Å². The van der Waals surface area contributed by atoms with E-state index in [-0.39, 0.29) is 5.91 Å². The fourth-order valence-corrected chi connectivity index (χ4v) is 2.67. The molecule has 0 aliphatic heterocycles. The third kappa shape index (κ3) is 4.94. The summed E-state index contributed by atoms with van der Waals surface area (Å²) in [6.07, 6.45) is 3.36. The molecule has 1 heterocycles. The van der Waals surface area contributed by atoms with Crippen LogP contribution in [-0.4, -0.2) is 28.9 Å². The van der Waals surface area contributed by atoms with Crippen LogP contribution in [0.3, 0.4) is 0 Å². The number of thiazole rings is 1. The minimum atomic E-state index is -0.140. The monoisotopic (exact) mass is 348 g/mol. The van der Waals surface area contributed by atoms with Gasteiger partial charge in [-0.15, -0.1) is 24.5 Å². The third-order valence-electron chi connectivity index (χ3n) is 2.93. The summed E-state index contributed by atoms with van der Waals surface area (Å²) in [6, 6.07) is 7.10. The highest BCUT2D eigenvalue weighted by atomic mass is 35.5. The van der Waals surface area contributed by atoms with Crippen LogP contribution >= 0.6 is 22.9 Å². The summed E-state index contributed by atoms with van der Waals surface area (Å²) in [5, 5.41) is 3.13. The second kappa shape index (κ2) is 8.50. The van der Waals surface area contributed by atoms with E-state index in [1.165, 1.54) is 11.3 Å². The van der Waals surface area contributed by atoms with Gasteiger partial charge in [0.2, 0.25) is 0 Å². The van der Waals surface area contributed by atoms with Gasteiger partial charge in [-0.2, -0.15) is 0 Å². The molecule has 2 aromatic rings. The first-order chi connectivity index (χ1) is 11.1. The van der Waals surface area contributed by atoms with E-state index in [9.17, 15) is 4.79 Å². The number of carbonyl (C=O) groups is 1. The summed E-state index contributed by atoms with van der Waals surface area (Å²) < 4.78 is 5.63. The lowest BCUT2D eigenvalue weighted by molar-refractivity contribution is 0.0785. The number of halogens is 1. The van der Waals surface area contributed by atoms with E-state index < -0.39 is 0 Å². The molecule has 0 fully saturated rings. The van der Waals surface area contributed by atoms with Crippen molar-refractivity contribution in [3.05, 3.63) is 70.7 Å². The predicted molar refractivity (Wildman–Crippen MR) is 94.2 cm³/mol. The first kappa shape index (κ1) is 17.2. The molecule has 0 radical (unpaired) electrons. The highest BCUT2D eigenvalue weighted by Gasteiger charge is 2.17. The van der Waals surface area contributed by atoms with Crippen molar-refractivity contribution >= 4 is 28.8 Å². The number of hydrogen-bond donors (Lipinski definition) is 0. The van der Waals surface area contributed by atoms with Gasteiger partial charge in [-0.05, 0) is 24.3 Å². The summed E-state index contributed by atoms with van der Waals surface area (Å²) in [5.74, 6) is 0.566. The third-order valence-corrected chi connectivity index (χ3v) is 4.01. The fraction of sp³-hybridized carbons (Fsp3) is 0.176. The van der Waals surface area contributed by atoms with Crippen LogP contribution < -0.4 is 4.74 Å². The molecule has 120 valence electrons. The molecule has 23 heavy (non-hydrogen) atoms. The Balaban J connectivity index is 1.98. The van der Waals surface area contributed by atoms with Crippen molar-refractivity contribution in [1.29, 1.82) is 0 Å². The fourth-order valence-electron chi connectivity index (χ4n) is 1.87. The summed E-state index contributed by atoms with van der Waals surface area (Å²) in [4.78, 5) is 18.3. The average Bonchev–Trinajstić information content (AvgIpc) is 3.02. The Hall–Kier alpha value is -2.11. The van der Waals surface area contributed by atoms with Crippen molar-refractivity contribution in [3.63, 3.8) is 0 Å². The standard InChI is InChI=1S/C17H17ClN2O2S/c1-3-9-20(10-4-2)17(21)15-12-23-16(19-15)11-22-14-7-5-13(18)6-8-14/h3-8,12H,1-2,9-11H2. The molecule has 1 aromatic carbocycles. The molecule has 0 aliphatic rings. The van der Waals surface area contributed by atoms with Gasteiger partial charge in [0, 0.05) is 23.5 Å². The number of amides is 1. The minimum absolute atomic E-state index is 0.140. The van der Waals surface area contributed by atoms with Crippen LogP contribution in [0.25, 0.3) is 0 Å². The summed E-state index contributed by atoms with van der Waals surface area (Å²) >= 11 is 7.22. The van der Waals surface area contributed by atoms with E-state index in [0.29, 0.717) is 36.2 Å². The molecule has 0 bridgehead atoms. The van der Waals surface area contributed by atoms with E-state index >= 15 is 0 Å². The number of benzene rings is 1. The van der Waals surface area contributed by atoms with Crippen LogP contribution in [0.4, 0.5) is 0 Å². The zero-order valence-electron chi connectivity index (χ0n) is 12.6. The molecule has 0 spiro atoms. The van der Waals surface area contributed by atoms with Crippen LogP contribution in [0.2, 0.25) is 5.02 Å².